The van der Waals surface area contributed by atoms with Gasteiger partial charge in [0.25, 0.3) is 0 Å². The Bertz CT molecular complexity index is 1200. The van der Waals surface area contributed by atoms with E-state index in [4.69, 9.17) is 4.98 Å². The first-order valence-electron chi connectivity index (χ1n) is 11.1. The molecule has 0 amide bonds. The molecule has 6 rings (SSSR count). The van der Waals surface area contributed by atoms with Crippen molar-refractivity contribution in [2.45, 2.75) is 59.4 Å². The number of hydrogen-bond donors (Lipinski definition) is 0. The van der Waals surface area contributed by atoms with Crippen LogP contribution >= 0.6 is 0 Å². The van der Waals surface area contributed by atoms with E-state index in [9.17, 15) is 0 Å². The molecule has 2 aliphatic carbocycles. The van der Waals surface area contributed by atoms with E-state index in [0.29, 0.717) is 5.92 Å². The number of nitrogens with zero attached hydrogens (tertiary/aromatic N) is 2. The van der Waals surface area contributed by atoms with Gasteiger partial charge in [-0.25, -0.2) is 4.98 Å². The Kier molecular flexibility index (Phi) is 3.54. The molecular formula is C27H28N2. The Balaban J connectivity index is 1.60. The van der Waals surface area contributed by atoms with E-state index >= 15 is 0 Å². The quantitative estimate of drug-likeness (QED) is 0.580. The maximum atomic E-state index is 5.27. The standard InChI is InChI=1S/C27H28N2/c1-5-7-20-17(4)29-14-23-21-9-6-8-19-16(3)15(2)12-24(26(19)21)28-27(23)25(29)13-22(20)18-10-11-18/h10-13,18H,4-9,14H2,1-3H3. The molecule has 0 atom stereocenters. The summed E-state index contributed by atoms with van der Waals surface area (Å²) in [6.45, 7) is 12.3. The summed E-state index contributed by atoms with van der Waals surface area (Å²) >= 11 is 0. The third kappa shape index (κ3) is 2.32. The Labute approximate surface area is 173 Å². The summed E-state index contributed by atoms with van der Waals surface area (Å²) in [5, 5.41) is 1.45. The zero-order valence-corrected chi connectivity index (χ0v) is 17.7. The Morgan fingerprint density at radius 2 is 1.93 bits per heavy atom. The SMILES string of the molecule is C=C1C(CCC)=C(C2C=C2)C=C2c3nc4cc(C)c(C)c5c4c(c3CN12)CCC5. The van der Waals surface area contributed by atoms with E-state index < -0.39 is 0 Å². The van der Waals surface area contributed by atoms with Gasteiger partial charge in [-0.05, 0) is 85.1 Å². The number of aryl methyl sites for hydroxylation is 3. The van der Waals surface area contributed by atoms with Crippen LogP contribution in [0, 0.1) is 19.8 Å². The monoisotopic (exact) mass is 380 g/mol. The highest BCUT2D eigenvalue weighted by molar-refractivity contribution is 5.93. The van der Waals surface area contributed by atoms with Crippen LogP contribution in [-0.4, -0.2) is 9.88 Å². The van der Waals surface area contributed by atoms with Crippen LogP contribution in [0.25, 0.3) is 16.6 Å². The summed E-state index contributed by atoms with van der Waals surface area (Å²) in [5.74, 6) is 0.502. The van der Waals surface area contributed by atoms with Crippen molar-refractivity contribution in [2.24, 2.45) is 5.92 Å². The predicted molar refractivity (Wildman–Crippen MR) is 120 cm³/mol. The zero-order valence-electron chi connectivity index (χ0n) is 17.7. The van der Waals surface area contributed by atoms with Crippen LogP contribution < -0.4 is 0 Å². The highest BCUT2D eigenvalue weighted by Gasteiger charge is 2.37. The van der Waals surface area contributed by atoms with E-state index in [1.165, 1.54) is 75.1 Å². The summed E-state index contributed by atoms with van der Waals surface area (Å²) in [5.41, 5.74) is 15.2. The van der Waals surface area contributed by atoms with E-state index in [2.05, 4.69) is 56.5 Å². The summed E-state index contributed by atoms with van der Waals surface area (Å²) < 4.78 is 0. The van der Waals surface area contributed by atoms with Crippen LogP contribution in [0.1, 0.15) is 59.7 Å². The first-order chi connectivity index (χ1) is 14.1. The fraction of sp³-hybridized carbons (Fsp3) is 0.370. The Morgan fingerprint density at radius 3 is 2.69 bits per heavy atom. The summed E-state index contributed by atoms with van der Waals surface area (Å²) in [6, 6.07) is 2.31. The molecule has 1 aromatic heterocycles. The molecule has 0 N–H and O–H groups in total. The maximum Gasteiger partial charge on any atom is 0.0927 e. The molecule has 0 saturated heterocycles. The average molecular weight is 381 g/mol. The fourth-order valence-electron chi connectivity index (χ4n) is 5.71. The van der Waals surface area contributed by atoms with Gasteiger partial charge in [-0.15, -0.1) is 0 Å². The average Bonchev–Trinajstić information content (AvgIpc) is 3.49. The first kappa shape index (κ1) is 17.3. The lowest BCUT2D eigenvalue weighted by atomic mass is 9.83. The van der Waals surface area contributed by atoms with Crippen LogP contribution in [0.3, 0.4) is 0 Å². The van der Waals surface area contributed by atoms with E-state index in [1.807, 2.05) is 0 Å². The van der Waals surface area contributed by atoms with Crippen LogP contribution in [-0.2, 0) is 19.4 Å². The molecule has 2 aliphatic heterocycles. The lowest BCUT2D eigenvalue weighted by Crippen LogP contribution is -2.21. The summed E-state index contributed by atoms with van der Waals surface area (Å²) in [7, 11) is 0. The topological polar surface area (TPSA) is 16.1 Å². The van der Waals surface area contributed by atoms with Crippen molar-refractivity contribution in [1.29, 1.82) is 0 Å². The van der Waals surface area contributed by atoms with Crippen LogP contribution in [0.5, 0.6) is 0 Å². The van der Waals surface area contributed by atoms with Crippen molar-refractivity contribution in [3.05, 3.63) is 81.2 Å². The number of pyridine rings is 1. The number of allylic oxidation sites excluding steroid dienone is 5. The van der Waals surface area contributed by atoms with Gasteiger partial charge in [0.2, 0.25) is 0 Å². The van der Waals surface area contributed by atoms with Gasteiger partial charge < -0.3 is 4.90 Å². The summed E-state index contributed by atoms with van der Waals surface area (Å²) in [4.78, 5) is 7.71. The van der Waals surface area contributed by atoms with Gasteiger partial charge in [0, 0.05) is 22.6 Å². The largest absolute Gasteiger partial charge is 0.335 e. The molecule has 2 aromatic rings. The van der Waals surface area contributed by atoms with E-state index in [-0.39, 0.29) is 0 Å². The van der Waals surface area contributed by atoms with Gasteiger partial charge in [-0.2, -0.15) is 0 Å². The van der Waals surface area contributed by atoms with Crippen molar-refractivity contribution in [3.63, 3.8) is 0 Å². The third-order valence-electron chi connectivity index (χ3n) is 7.40. The first-order valence-corrected chi connectivity index (χ1v) is 11.1. The number of aromatic nitrogens is 1. The minimum Gasteiger partial charge on any atom is -0.335 e. The maximum absolute atomic E-state index is 5.27. The molecule has 0 bridgehead atoms. The second-order valence-corrected chi connectivity index (χ2v) is 9.12. The number of fused-ring (bicyclic) bond motifs is 4. The second kappa shape index (κ2) is 5.95. The highest BCUT2D eigenvalue weighted by Crippen LogP contribution is 2.48. The molecule has 146 valence electrons. The van der Waals surface area contributed by atoms with Crippen molar-refractivity contribution < 1.29 is 0 Å². The van der Waals surface area contributed by atoms with Gasteiger partial charge in [0.1, 0.15) is 0 Å². The van der Waals surface area contributed by atoms with Crippen molar-refractivity contribution in [3.8, 4) is 0 Å². The van der Waals surface area contributed by atoms with E-state index in [0.717, 1.165) is 19.4 Å². The lowest BCUT2D eigenvalue weighted by molar-refractivity contribution is 0.502. The molecule has 0 spiro atoms. The zero-order chi connectivity index (χ0) is 19.9. The van der Waals surface area contributed by atoms with Gasteiger partial charge in [-0.3, -0.25) is 0 Å². The molecule has 3 heterocycles. The van der Waals surface area contributed by atoms with Crippen LogP contribution in [0.15, 0.2) is 47.7 Å². The minimum absolute atomic E-state index is 0.502. The molecule has 29 heavy (non-hydrogen) atoms. The fourth-order valence-corrected chi connectivity index (χ4v) is 5.71. The molecule has 0 radical (unpaired) electrons. The molecule has 1 aromatic carbocycles. The molecule has 0 unspecified atom stereocenters. The van der Waals surface area contributed by atoms with E-state index in [1.54, 1.807) is 11.1 Å². The van der Waals surface area contributed by atoms with Gasteiger partial charge in [0.05, 0.1) is 23.5 Å². The van der Waals surface area contributed by atoms with Gasteiger partial charge >= 0.3 is 0 Å². The van der Waals surface area contributed by atoms with Crippen LogP contribution in [0.2, 0.25) is 0 Å². The van der Waals surface area contributed by atoms with Gasteiger partial charge in [-0.1, -0.05) is 32.1 Å². The van der Waals surface area contributed by atoms with Crippen molar-refractivity contribution in [1.82, 2.24) is 9.88 Å². The third-order valence-corrected chi connectivity index (χ3v) is 7.40. The molecule has 2 heteroatoms. The van der Waals surface area contributed by atoms with Gasteiger partial charge in [0.15, 0.2) is 0 Å². The smallest absolute Gasteiger partial charge is 0.0927 e. The minimum atomic E-state index is 0.502. The van der Waals surface area contributed by atoms with Crippen LogP contribution in [0.4, 0.5) is 0 Å². The molecule has 2 nitrogen and oxygen atoms in total. The Morgan fingerprint density at radius 1 is 1.14 bits per heavy atom. The number of hydrogen-bond acceptors (Lipinski definition) is 2. The molecule has 4 aliphatic rings. The number of benzene rings is 1. The van der Waals surface area contributed by atoms with Crippen molar-refractivity contribution >= 4 is 16.6 Å². The Hall–Kier alpha value is -2.61. The lowest BCUT2D eigenvalue weighted by Gasteiger charge is -2.30. The molecular weight excluding hydrogens is 352 g/mol. The molecule has 0 fully saturated rings. The highest BCUT2D eigenvalue weighted by atomic mass is 15.2. The normalized spacial score (nSPS) is 19.8. The number of rotatable bonds is 3. The summed E-state index contributed by atoms with van der Waals surface area (Å²) in [6.07, 6.45) is 12.9. The second-order valence-electron chi connectivity index (χ2n) is 9.12. The predicted octanol–water partition coefficient (Wildman–Crippen LogP) is 6.31. The van der Waals surface area contributed by atoms with Crippen molar-refractivity contribution in [2.75, 3.05) is 0 Å². The molecule has 0 saturated carbocycles.